The number of carbonyl (C=O) groups is 1. The Bertz CT molecular complexity index is 481. The third-order valence-electron chi connectivity index (χ3n) is 4.09. The molecule has 1 amide bonds. The second-order valence-electron chi connectivity index (χ2n) is 5.63. The summed E-state index contributed by atoms with van der Waals surface area (Å²) in [6.07, 6.45) is 0.817. The number of hydrogen-bond acceptors (Lipinski definition) is 3. The first-order valence-corrected chi connectivity index (χ1v) is 6.89. The molecule has 0 spiro atoms. The van der Waals surface area contributed by atoms with Gasteiger partial charge in [-0.1, -0.05) is 18.2 Å². The van der Waals surface area contributed by atoms with E-state index in [4.69, 9.17) is 4.74 Å². The Morgan fingerprint density at radius 2 is 2.26 bits per heavy atom. The number of anilines is 1. The summed E-state index contributed by atoms with van der Waals surface area (Å²) >= 11 is 0. The van der Waals surface area contributed by atoms with E-state index in [9.17, 15) is 4.79 Å². The van der Waals surface area contributed by atoms with Gasteiger partial charge in [-0.05, 0) is 25.0 Å². The van der Waals surface area contributed by atoms with Gasteiger partial charge in [-0.3, -0.25) is 4.79 Å². The molecule has 0 bridgehead atoms. The normalized spacial score (nSPS) is 26.9. The van der Waals surface area contributed by atoms with E-state index in [0.717, 1.165) is 31.7 Å². The predicted octanol–water partition coefficient (Wildman–Crippen LogP) is 1.55. The fourth-order valence-electron chi connectivity index (χ4n) is 2.83. The van der Waals surface area contributed by atoms with Gasteiger partial charge in [0.25, 0.3) is 0 Å². The topological polar surface area (TPSA) is 41.6 Å². The maximum Gasteiger partial charge on any atom is 0.235 e. The highest BCUT2D eigenvalue weighted by molar-refractivity contribution is 5.98. The van der Waals surface area contributed by atoms with Gasteiger partial charge in [-0.2, -0.15) is 0 Å². The average molecular weight is 260 g/mol. The summed E-state index contributed by atoms with van der Waals surface area (Å²) in [7, 11) is 0. The second kappa shape index (κ2) is 4.94. The van der Waals surface area contributed by atoms with E-state index in [1.807, 2.05) is 30.0 Å². The van der Waals surface area contributed by atoms with E-state index < -0.39 is 0 Å². The molecule has 0 unspecified atom stereocenters. The Kier molecular flexibility index (Phi) is 3.29. The molecule has 1 aromatic carbocycles. The molecule has 102 valence electrons. The van der Waals surface area contributed by atoms with E-state index >= 15 is 0 Å². The van der Waals surface area contributed by atoms with Crippen molar-refractivity contribution in [3.8, 4) is 0 Å². The number of rotatable bonds is 1. The van der Waals surface area contributed by atoms with Crippen LogP contribution in [0.5, 0.6) is 0 Å². The summed E-state index contributed by atoms with van der Waals surface area (Å²) in [5, 5.41) is 3.37. The van der Waals surface area contributed by atoms with Crippen LogP contribution in [0.1, 0.15) is 18.9 Å². The van der Waals surface area contributed by atoms with Crippen LogP contribution in [0.15, 0.2) is 24.3 Å². The van der Waals surface area contributed by atoms with E-state index in [2.05, 4.69) is 11.4 Å². The Morgan fingerprint density at radius 1 is 1.42 bits per heavy atom. The second-order valence-corrected chi connectivity index (χ2v) is 5.63. The number of nitrogens with one attached hydrogen (secondary N) is 1. The lowest BCUT2D eigenvalue weighted by molar-refractivity contribution is -0.127. The Labute approximate surface area is 113 Å². The van der Waals surface area contributed by atoms with Crippen molar-refractivity contribution in [2.45, 2.75) is 19.9 Å². The quantitative estimate of drug-likeness (QED) is 0.833. The summed E-state index contributed by atoms with van der Waals surface area (Å²) in [6.45, 7) is 5.63. The van der Waals surface area contributed by atoms with Crippen LogP contribution in [0.3, 0.4) is 0 Å². The molecule has 2 aliphatic heterocycles. The van der Waals surface area contributed by atoms with Crippen molar-refractivity contribution >= 4 is 11.6 Å². The van der Waals surface area contributed by atoms with Gasteiger partial charge in [0.15, 0.2) is 0 Å². The number of ether oxygens (including phenoxy) is 1. The Hall–Kier alpha value is -1.39. The van der Waals surface area contributed by atoms with Gasteiger partial charge >= 0.3 is 0 Å². The van der Waals surface area contributed by atoms with Crippen molar-refractivity contribution in [2.24, 2.45) is 5.41 Å². The minimum atomic E-state index is -0.364. The smallest absolute Gasteiger partial charge is 0.235 e. The summed E-state index contributed by atoms with van der Waals surface area (Å²) in [5.41, 5.74) is 1.87. The van der Waals surface area contributed by atoms with Crippen LogP contribution in [0.4, 0.5) is 5.69 Å². The first-order valence-electron chi connectivity index (χ1n) is 6.89. The zero-order chi connectivity index (χ0) is 13.3. The molecule has 1 N–H and O–H groups in total. The molecule has 0 radical (unpaired) electrons. The van der Waals surface area contributed by atoms with Crippen LogP contribution in [-0.4, -0.2) is 32.2 Å². The third-order valence-corrected chi connectivity index (χ3v) is 4.09. The van der Waals surface area contributed by atoms with Crippen molar-refractivity contribution in [2.75, 3.05) is 31.2 Å². The highest BCUT2D eigenvalue weighted by Crippen LogP contribution is 2.33. The molecule has 1 saturated heterocycles. The number of para-hydroxylation sites is 1. The lowest BCUT2D eigenvalue weighted by Gasteiger charge is -2.30. The molecule has 1 atom stereocenters. The molecule has 0 aliphatic carbocycles. The Balaban J connectivity index is 1.94. The molecule has 0 saturated carbocycles. The average Bonchev–Trinajstić information content (AvgIpc) is 2.76. The van der Waals surface area contributed by atoms with Crippen LogP contribution < -0.4 is 10.2 Å². The van der Waals surface area contributed by atoms with E-state index in [1.54, 1.807) is 0 Å². The predicted molar refractivity (Wildman–Crippen MR) is 74.0 cm³/mol. The molecule has 2 aliphatic rings. The fourth-order valence-corrected chi connectivity index (χ4v) is 2.83. The zero-order valence-corrected chi connectivity index (χ0v) is 11.3. The summed E-state index contributed by atoms with van der Waals surface area (Å²) in [4.78, 5) is 14.8. The number of nitrogens with zero attached hydrogens (tertiary/aromatic N) is 1. The van der Waals surface area contributed by atoms with Gasteiger partial charge in [-0.25, -0.2) is 0 Å². The number of fused-ring (bicyclic) bond motifs is 1. The number of amides is 1. The van der Waals surface area contributed by atoms with Crippen LogP contribution in [0.2, 0.25) is 0 Å². The lowest BCUT2D eigenvalue weighted by Crippen LogP contribution is -2.44. The van der Waals surface area contributed by atoms with Gasteiger partial charge < -0.3 is 15.0 Å². The molecule has 4 nitrogen and oxygen atoms in total. The van der Waals surface area contributed by atoms with Gasteiger partial charge in [-0.15, -0.1) is 0 Å². The summed E-state index contributed by atoms with van der Waals surface area (Å²) in [6, 6.07) is 8.15. The van der Waals surface area contributed by atoms with Crippen LogP contribution in [-0.2, 0) is 16.1 Å². The number of benzene rings is 1. The molecule has 3 rings (SSSR count). The molecule has 4 heteroatoms. The highest BCUT2D eigenvalue weighted by Gasteiger charge is 2.41. The molecule has 2 heterocycles. The standard InChI is InChI=1S/C15H20N2O2/c1-15(6-9-19-11-15)14(18)17-8-7-16-10-12-4-2-3-5-13(12)17/h2-5,16H,6-11H2,1H3/t15-/m0/s1. The van der Waals surface area contributed by atoms with Gasteiger partial charge in [0.2, 0.25) is 5.91 Å². The first-order chi connectivity index (χ1) is 9.21. The summed E-state index contributed by atoms with van der Waals surface area (Å²) in [5.74, 6) is 0.196. The third kappa shape index (κ3) is 2.26. The van der Waals surface area contributed by atoms with Gasteiger partial charge in [0, 0.05) is 31.9 Å². The van der Waals surface area contributed by atoms with Crippen molar-refractivity contribution in [1.29, 1.82) is 0 Å². The molecule has 1 fully saturated rings. The largest absolute Gasteiger partial charge is 0.380 e. The van der Waals surface area contributed by atoms with Crippen molar-refractivity contribution in [3.63, 3.8) is 0 Å². The van der Waals surface area contributed by atoms with E-state index in [1.165, 1.54) is 5.56 Å². The van der Waals surface area contributed by atoms with Crippen molar-refractivity contribution < 1.29 is 9.53 Å². The molecular formula is C15H20N2O2. The summed E-state index contributed by atoms with van der Waals surface area (Å²) < 4.78 is 5.43. The van der Waals surface area contributed by atoms with E-state index in [-0.39, 0.29) is 11.3 Å². The zero-order valence-electron chi connectivity index (χ0n) is 11.3. The molecule has 19 heavy (non-hydrogen) atoms. The monoisotopic (exact) mass is 260 g/mol. The minimum absolute atomic E-state index is 0.196. The SMILES string of the molecule is C[C@]1(C(=O)N2CCNCc3ccccc32)CCOC1. The van der Waals surface area contributed by atoms with Crippen LogP contribution >= 0.6 is 0 Å². The van der Waals surface area contributed by atoms with Crippen molar-refractivity contribution in [1.82, 2.24) is 5.32 Å². The molecule has 1 aromatic rings. The molecular weight excluding hydrogens is 240 g/mol. The van der Waals surface area contributed by atoms with E-state index in [0.29, 0.717) is 13.2 Å². The fraction of sp³-hybridized carbons (Fsp3) is 0.533. The van der Waals surface area contributed by atoms with Crippen LogP contribution in [0.25, 0.3) is 0 Å². The molecule has 0 aromatic heterocycles. The van der Waals surface area contributed by atoms with Gasteiger partial charge in [0.05, 0.1) is 12.0 Å². The minimum Gasteiger partial charge on any atom is -0.380 e. The maximum absolute atomic E-state index is 12.9. The van der Waals surface area contributed by atoms with Crippen molar-refractivity contribution in [3.05, 3.63) is 29.8 Å². The Morgan fingerprint density at radius 3 is 3.05 bits per heavy atom. The lowest BCUT2D eigenvalue weighted by atomic mass is 9.88. The van der Waals surface area contributed by atoms with Gasteiger partial charge in [0.1, 0.15) is 0 Å². The first kappa shape index (κ1) is 12.6. The number of carbonyl (C=O) groups excluding carboxylic acids is 1. The highest BCUT2D eigenvalue weighted by atomic mass is 16.5. The van der Waals surface area contributed by atoms with Crippen LogP contribution in [0, 0.1) is 5.41 Å². The maximum atomic E-state index is 12.9. The number of hydrogen-bond donors (Lipinski definition) is 1.